The maximum atomic E-state index is 4.04. The predicted octanol–water partition coefficient (Wildman–Crippen LogP) is 0.489. The standard InChI is InChI=1S/C8H4N4/c1-2-7-8(11-12-10-7)6-4-9-3-5(1)6/h1-4H. The summed E-state index contributed by atoms with van der Waals surface area (Å²) < 4.78 is 0. The first-order valence-corrected chi connectivity index (χ1v) is 3.60. The first-order valence-electron chi connectivity index (χ1n) is 3.60. The largest absolute Gasteiger partial charge is 0.263 e. The summed E-state index contributed by atoms with van der Waals surface area (Å²) in [6, 6.07) is 3.88. The molecule has 0 bridgehead atoms. The van der Waals surface area contributed by atoms with Crippen molar-refractivity contribution in [2.75, 3.05) is 0 Å². The van der Waals surface area contributed by atoms with Crippen LogP contribution in [-0.2, 0) is 0 Å². The second-order valence-corrected chi connectivity index (χ2v) is 2.63. The van der Waals surface area contributed by atoms with Gasteiger partial charge in [0.05, 0.1) is 0 Å². The van der Waals surface area contributed by atoms with Crippen LogP contribution in [0.1, 0.15) is 5.56 Å². The van der Waals surface area contributed by atoms with Gasteiger partial charge in [-0.05, 0) is 11.3 Å². The minimum atomic E-state index is 0.829. The van der Waals surface area contributed by atoms with E-state index in [0.717, 1.165) is 21.8 Å². The molecule has 1 aromatic carbocycles. The molecular weight excluding hydrogens is 152 g/mol. The van der Waals surface area contributed by atoms with Gasteiger partial charge in [-0.25, -0.2) is 0 Å². The molecule has 56 valence electrons. The van der Waals surface area contributed by atoms with Gasteiger partial charge < -0.3 is 0 Å². The van der Waals surface area contributed by atoms with Crippen molar-refractivity contribution in [3.8, 4) is 0 Å². The summed E-state index contributed by atoms with van der Waals surface area (Å²) in [6.45, 7) is 0. The van der Waals surface area contributed by atoms with Crippen molar-refractivity contribution in [3.05, 3.63) is 28.3 Å². The average Bonchev–Trinajstić information content (AvgIpc) is 2.71. The Morgan fingerprint density at radius 1 is 1.17 bits per heavy atom. The normalized spacial score (nSPS) is 15.3. The zero-order valence-corrected chi connectivity index (χ0v) is 6.10. The van der Waals surface area contributed by atoms with Crippen molar-refractivity contribution in [1.82, 2.24) is 0 Å². The van der Waals surface area contributed by atoms with Crippen LogP contribution in [0, 0.1) is 0 Å². The minimum Gasteiger partial charge on any atom is -0.263 e. The smallest absolute Gasteiger partial charge is 0.124 e. The molecule has 12 heavy (non-hydrogen) atoms. The molecule has 2 aliphatic rings. The van der Waals surface area contributed by atoms with E-state index in [0.29, 0.717) is 0 Å². The van der Waals surface area contributed by atoms with Crippen LogP contribution in [0.25, 0.3) is 6.20 Å². The molecule has 0 aromatic heterocycles. The van der Waals surface area contributed by atoms with Gasteiger partial charge in [0.15, 0.2) is 0 Å². The average molecular weight is 156 g/mol. The number of rotatable bonds is 0. The highest BCUT2D eigenvalue weighted by molar-refractivity contribution is 5.91. The van der Waals surface area contributed by atoms with Gasteiger partial charge in [0.2, 0.25) is 0 Å². The molecule has 4 nitrogen and oxygen atoms in total. The molecule has 0 radical (unpaired) electrons. The molecule has 0 spiro atoms. The Balaban J connectivity index is 2.57. The molecule has 0 unspecified atom stereocenters. The van der Waals surface area contributed by atoms with Crippen LogP contribution in [0.4, 0.5) is 5.69 Å². The van der Waals surface area contributed by atoms with E-state index in [4.69, 9.17) is 0 Å². The number of nitrogens with zero attached hydrogens (tertiary/aromatic N) is 4. The maximum Gasteiger partial charge on any atom is 0.124 e. The van der Waals surface area contributed by atoms with Gasteiger partial charge in [-0.2, -0.15) is 0 Å². The second kappa shape index (κ2) is 1.85. The molecule has 0 aliphatic carbocycles. The fourth-order valence-electron chi connectivity index (χ4n) is 1.35. The fraction of sp³-hybridized carbons (Fsp3) is 0. The predicted molar refractivity (Wildman–Crippen MR) is 43.8 cm³/mol. The Labute approximate surface area is 67.7 Å². The molecule has 0 N–H and O–H groups in total. The number of aliphatic imine (C=N–C) groups is 1. The van der Waals surface area contributed by atoms with Gasteiger partial charge in [0, 0.05) is 23.2 Å². The van der Waals surface area contributed by atoms with E-state index < -0.39 is 0 Å². The minimum absolute atomic E-state index is 0.829. The van der Waals surface area contributed by atoms with Gasteiger partial charge in [-0.15, -0.1) is 10.2 Å². The summed E-state index contributed by atoms with van der Waals surface area (Å²) in [5, 5.41) is 13.3. The highest BCUT2D eigenvalue weighted by Crippen LogP contribution is 2.14. The summed E-state index contributed by atoms with van der Waals surface area (Å²) in [7, 11) is 0. The monoisotopic (exact) mass is 156 g/mol. The van der Waals surface area contributed by atoms with Gasteiger partial charge >= 0.3 is 0 Å². The zero-order chi connectivity index (χ0) is 7.97. The second-order valence-electron chi connectivity index (χ2n) is 2.63. The van der Waals surface area contributed by atoms with Gasteiger partial charge in [0.25, 0.3) is 0 Å². The number of benzene rings is 1. The van der Waals surface area contributed by atoms with Crippen LogP contribution in [0.15, 0.2) is 32.6 Å². The van der Waals surface area contributed by atoms with E-state index in [1.807, 2.05) is 18.3 Å². The SMILES string of the molecule is C1=NC=c2ccc3c(c21)N=NN=3. The van der Waals surface area contributed by atoms with Gasteiger partial charge in [-0.1, -0.05) is 6.07 Å². The third-order valence-corrected chi connectivity index (χ3v) is 1.94. The van der Waals surface area contributed by atoms with Crippen LogP contribution < -0.4 is 10.6 Å². The number of hydrogen-bond acceptors (Lipinski definition) is 4. The third kappa shape index (κ3) is 0.567. The zero-order valence-electron chi connectivity index (χ0n) is 6.10. The first-order chi connectivity index (χ1) is 5.95. The Morgan fingerprint density at radius 2 is 2.17 bits per heavy atom. The van der Waals surface area contributed by atoms with Crippen LogP contribution in [-0.4, -0.2) is 6.21 Å². The van der Waals surface area contributed by atoms with Gasteiger partial charge in [-0.3, -0.25) is 4.99 Å². The molecule has 1 aromatic rings. The van der Waals surface area contributed by atoms with Gasteiger partial charge in [0.1, 0.15) is 11.0 Å². The molecule has 0 fully saturated rings. The van der Waals surface area contributed by atoms with Crippen molar-refractivity contribution in [1.29, 1.82) is 0 Å². The number of fused-ring (bicyclic) bond motifs is 3. The molecule has 2 aliphatic heterocycles. The third-order valence-electron chi connectivity index (χ3n) is 1.94. The van der Waals surface area contributed by atoms with Crippen molar-refractivity contribution < 1.29 is 0 Å². The molecule has 2 heterocycles. The van der Waals surface area contributed by atoms with Crippen LogP contribution in [0.2, 0.25) is 0 Å². The van der Waals surface area contributed by atoms with Crippen LogP contribution >= 0.6 is 0 Å². The Morgan fingerprint density at radius 3 is 3.17 bits per heavy atom. The molecule has 0 saturated carbocycles. The summed E-state index contributed by atoms with van der Waals surface area (Å²) in [6.07, 6.45) is 3.59. The van der Waals surface area contributed by atoms with E-state index in [9.17, 15) is 0 Å². The summed E-state index contributed by atoms with van der Waals surface area (Å²) in [4.78, 5) is 4.04. The lowest BCUT2D eigenvalue weighted by atomic mass is 10.1. The molecule has 0 saturated heterocycles. The summed E-state index contributed by atoms with van der Waals surface area (Å²) in [5.74, 6) is 0. The van der Waals surface area contributed by atoms with Crippen LogP contribution in [0.5, 0.6) is 0 Å². The Kier molecular flexibility index (Phi) is 0.889. The quantitative estimate of drug-likeness (QED) is 0.525. The molecule has 3 rings (SSSR count). The Bertz CT molecular complexity index is 476. The van der Waals surface area contributed by atoms with Crippen LogP contribution in [0.3, 0.4) is 0 Å². The highest BCUT2D eigenvalue weighted by Gasteiger charge is 2.09. The van der Waals surface area contributed by atoms with E-state index in [1.54, 1.807) is 6.21 Å². The fourth-order valence-corrected chi connectivity index (χ4v) is 1.35. The van der Waals surface area contributed by atoms with Crippen molar-refractivity contribution in [2.45, 2.75) is 0 Å². The van der Waals surface area contributed by atoms with Crippen molar-refractivity contribution in [2.24, 2.45) is 20.4 Å². The number of hydrogen-bond donors (Lipinski definition) is 0. The molecule has 0 atom stereocenters. The highest BCUT2D eigenvalue weighted by atomic mass is 15.4. The summed E-state index contributed by atoms with van der Waals surface area (Å²) in [5.41, 5.74) is 1.86. The van der Waals surface area contributed by atoms with Crippen molar-refractivity contribution in [3.63, 3.8) is 0 Å². The lowest BCUT2D eigenvalue weighted by molar-refractivity contribution is 1.08. The topological polar surface area (TPSA) is 49.4 Å². The van der Waals surface area contributed by atoms with E-state index >= 15 is 0 Å². The molecular formula is C8H4N4. The Hall–Kier alpha value is -1.84. The van der Waals surface area contributed by atoms with Crippen molar-refractivity contribution >= 4 is 18.1 Å². The molecule has 0 amide bonds. The summed E-state index contributed by atoms with van der Waals surface area (Å²) >= 11 is 0. The van der Waals surface area contributed by atoms with E-state index in [1.165, 1.54) is 0 Å². The first kappa shape index (κ1) is 5.77. The van der Waals surface area contributed by atoms with E-state index in [2.05, 4.69) is 20.4 Å². The van der Waals surface area contributed by atoms with E-state index in [-0.39, 0.29) is 0 Å². The lowest BCUT2D eigenvalue weighted by Gasteiger charge is -1.91. The maximum absolute atomic E-state index is 4.04. The molecule has 4 heteroatoms. The lowest BCUT2D eigenvalue weighted by Crippen LogP contribution is -2.11.